The Morgan fingerprint density at radius 3 is 2.80 bits per heavy atom. The summed E-state index contributed by atoms with van der Waals surface area (Å²) in [7, 11) is 0. The summed E-state index contributed by atoms with van der Waals surface area (Å²) in [5.74, 6) is 1.53. The van der Waals surface area contributed by atoms with Crippen LogP contribution in [-0.2, 0) is 0 Å². The first-order valence-electron chi connectivity index (χ1n) is 6.47. The van der Waals surface area contributed by atoms with Crippen LogP contribution in [0.25, 0.3) is 15.5 Å². The Morgan fingerprint density at radius 1 is 1.20 bits per heavy atom. The summed E-state index contributed by atoms with van der Waals surface area (Å²) in [5.41, 5.74) is 0.514. The summed E-state index contributed by atoms with van der Waals surface area (Å²) < 4.78 is 1.76. The molecule has 0 aliphatic heterocycles. The summed E-state index contributed by atoms with van der Waals surface area (Å²) in [6, 6.07) is 4.41. The van der Waals surface area contributed by atoms with E-state index in [1.807, 2.05) is 0 Å². The van der Waals surface area contributed by atoms with Crippen molar-refractivity contribution >= 4 is 16.3 Å². The van der Waals surface area contributed by atoms with Crippen LogP contribution in [0.2, 0.25) is 0 Å². The maximum Gasteiger partial charge on any atom is 0.234 e. The van der Waals surface area contributed by atoms with E-state index in [0.29, 0.717) is 21.4 Å². The predicted molar refractivity (Wildman–Crippen MR) is 74.0 cm³/mol. The topological polar surface area (TPSA) is 83.5 Å². The van der Waals surface area contributed by atoms with Crippen molar-refractivity contribution in [3.05, 3.63) is 24.0 Å². The fourth-order valence-electron chi connectivity index (χ4n) is 2.36. The van der Waals surface area contributed by atoms with Crippen molar-refractivity contribution in [2.75, 3.05) is 0 Å². The second kappa shape index (κ2) is 4.17. The highest BCUT2D eigenvalue weighted by Gasteiger charge is 2.26. The fraction of sp³-hybridized carbons (Fsp3) is 0.308. The van der Waals surface area contributed by atoms with Gasteiger partial charge in [0.15, 0.2) is 10.8 Å². The Hall–Kier alpha value is -2.15. The monoisotopic (exact) mass is 288 g/mol. The zero-order valence-electron chi connectivity index (χ0n) is 10.5. The van der Waals surface area contributed by atoms with Gasteiger partial charge in [0.1, 0.15) is 11.5 Å². The van der Waals surface area contributed by atoms with Crippen LogP contribution < -0.4 is 0 Å². The lowest BCUT2D eigenvalue weighted by molar-refractivity contribution is 0.395. The molecular formula is C13H12N4O2S. The molecule has 0 amide bonds. The van der Waals surface area contributed by atoms with Crippen LogP contribution in [0.5, 0.6) is 11.5 Å². The molecule has 1 aliphatic carbocycles. The van der Waals surface area contributed by atoms with Crippen molar-refractivity contribution in [3.8, 4) is 22.1 Å². The first-order valence-corrected chi connectivity index (χ1v) is 7.28. The molecule has 7 heteroatoms. The summed E-state index contributed by atoms with van der Waals surface area (Å²) >= 11 is 1.35. The number of aromatic hydroxyl groups is 2. The van der Waals surface area contributed by atoms with Gasteiger partial charge in [-0.25, -0.2) is 0 Å². The normalized spacial score (nSPS) is 15.6. The lowest BCUT2D eigenvalue weighted by Gasteiger charge is -2.22. The van der Waals surface area contributed by atoms with E-state index >= 15 is 0 Å². The van der Waals surface area contributed by atoms with Crippen molar-refractivity contribution in [1.82, 2.24) is 19.8 Å². The predicted octanol–water partition coefficient (Wildman–Crippen LogP) is 2.53. The zero-order valence-corrected chi connectivity index (χ0v) is 11.3. The first kappa shape index (κ1) is 11.7. The van der Waals surface area contributed by atoms with Gasteiger partial charge in [-0.1, -0.05) is 17.8 Å². The van der Waals surface area contributed by atoms with Gasteiger partial charge in [-0.3, -0.25) is 0 Å². The maximum absolute atomic E-state index is 9.90. The molecule has 3 aromatic rings. The number of fused-ring (bicyclic) bond motifs is 1. The van der Waals surface area contributed by atoms with Gasteiger partial charge < -0.3 is 10.2 Å². The number of phenols is 2. The van der Waals surface area contributed by atoms with Crippen LogP contribution in [0, 0.1) is 0 Å². The van der Waals surface area contributed by atoms with E-state index < -0.39 is 0 Å². The second-order valence-corrected chi connectivity index (χ2v) is 5.95. The number of rotatable bonds is 2. The van der Waals surface area contributed by atoms with Gasteiger partial charge in [0.05, 0.1) is 5.56 Å². The lowest BCUT2D eigenvalue weighted by atomic mass is 9.85. The van der Waals surface area contributed by atoms with Gasteiger partial charge in [-0.05, 0) is 31.0 Å². The van der Waals surface area contributed by atoms with Crippen molar-refractivity contribution in [1.29, 1.82) is 0 Å². The van der Waals surface area contributed by atoms with Gasteiger partial charge in [0.2, 0.25) is 4.96 Å². The maximum atomic E-state index is 9.90. The Kier molecular flexibility index (Phi) is 2.43. The van der Waals surface area contributed by atoms with Crippen LogP contribution >= 0.6 is 11.3 Å². The summed E-state index contributed by atoms with van der Waals surface area (Å²) in [6.45, 7) is 0. The molecule has 0 atom stereocenters. The number of phenolic OH excluding ortho intramolecular Hbond substituents is 2. The molecule has 4 rings (SSSR count). The standard InChI is InChI=1S/C13H12N4O2S/c18-8-4-5-10(19)9(6-8)12-16-17-11(7-2-1-3-7)14-15-13(17)20-12/h4-7,18-19H,1-3H2. The first-order chi connectivity index (χ1) is 9.72. The highest BCUT2D eigenvalue weighted by atomic mass is 32.1. The molecule has 6 nitrogen and oxygen atoms in total. The highest BCUT2D eigenvalue weighted by Crippen LogP contribution is 2.38. The van der Waals surface area contributed by atoms with E-state index in [1.165, 1.54) is 36.0 Å². The molecule has 0 saturated heterocycles. The van der Waals surface area contributed by atoms with Crippen molar-refractivity contribution in [2.24, 2.45) is 0 Å². The highest BCUT2D eigenvalue weighted by molar-refractivity contribution is 7.19. The zero-order chi connectivity index (χ0) is 13.7. The van der Waals surface area contributed by atoms with Gasteiger partial charge in [-0.15, -0.1) is 10.2 Å². The SMILES string of the molecule is Oc1ccc(O)c(-c2nn3c(C4CCC4)nnc3s2)c1. The van der Waals surface area contributed by atoms with Crippen molar-refractivity contribution in [2.45, 2.75) is 25.2 Å². The third-order valence-electron chi connectivity index (χ3n) is 3.70. The van der Waals surface area contributed by atoms with E-state index in [2.05, 4.69) is 15.3 Å². The van der Waals surface area contributed by atoms with E-state index in [0.717, 1.165) is 18.7 Å². The minimum absolute atomic E-state index is 0.0953. The van der Waals surface area contributed by atoms with Gasteiger partial charge in [-0.2, -0.15) is 9.61 Å². The second-order valence-electron chi connectivity index (χ2n) is 4.99. The van der Waals surface area contributed by atoms with Gasteiger partial charge >= 0.3 is 0 Å². The van der Waals surface area contributed by atoms with Gasteiger partial charge in [0.25, 0.3) is 0 Å². The molecule has 20 heavy (non-hydrogen) atoms. The molecule has 0 bridgehead atoms. The van der Waals surface area contributed by atoms with Crippen molar-refractivity contribution < 1.29 is 10.2 Å². The van der Waals surface area contributed by atoms with Crippen LogP contribution in [0.4, 0.5) is 0 Å². The van der Waals surface area contributed by atoms with Crippen LogP contribution in [0.1, 0.15) is 31.0 Å². The smallest absolute Gasteiger partial charge is 0.234 e. The molecule has 0 spiro atoms. The van der Waals surface area contributed by atoms with Gasteiger partial charge in [0, 0.05) is 5.92 Å². The summed E-state index contributed by atoms with van der Waals surface area (Å²) in [5, 5.41) is 32.9. The Balaban J connectivity index is 1.84. The van der Waals surface area contributed by atoms with Crippen LogP contribution in [-0.4, -0.2) is 30.0 Å². The molecule has 1 aliphatic rings. The quantitative estimate of drug-likeness (QED) is 0.708. The summed E-state index contributed by atoms with van der Waals surface area (Å²) in [6.07, 6.45) is 3.49. The molecule has 1 saturated carbocycles. The Labute approximate surface area is 118 Å². The molecule has 2 heterocycles. The number of nitrogens with zero attached hydrogens (tertiary/aromatic N) is 4. The summed E-state index contributed by atoms with van der Waals surface area (Å²) in [4.78, 5) is 0.713. The molecule has 102 valence electrons. The third-order valence-corrected chi connectivity index (χ3v) is 4.63. The average Bonchev–Trinajstić information content (AvgIpc) is 2.92. The van der Waals surface area contributed by atoms with E-state index in [4.69, 9.17) is 0 Å². The number of aromatic nitrogens is 4. The molecular weight excluding hydrogens is 276 g/mol. The minimum Gasteiger partial charge on any atom is -0.508 e. The fourth-order valence-corrected chi connectivity index (χ4v) is 3.23. The third kappa shape index (κ3) is 1.66. The molecule has 2 aromatic heterocycles. The number of benzene rings is 1. The molecule has 0 radical (unpaired) electrons. The van der Waals surface area contributed by atoms with E-state index in [9.17, 15) is 10.2 Å². The Bertz CT molecular complexity index is 791. The van der Waals surface area contributed by atoms with Crippen LogP contribution in [0.15, 0.2) is 18.2 Å². The van der Waals surface area contributed by atoms with Crippen molar-refractivity contribution in [3.63, 3.8) is 0 Å². The van der Waals surface area contributed by atoms with E-state index in [1.54, 1.807) is 4.52 Å². The minimum atomic E-state index is 0.0953. The largest absolute Gasteiger partial charge is 0.508 e. The average molecular weight is 288 g/mol. The van der Waals surface area contributed by atoms with Crippen LogP contribution in [0.3, 0.4) is 0 Å². The number of hydrogen-bond acceptors (Lipinski definition) is 6. The Morgan fingerprint density at radius 2 is 2.05 bits per heavy atom. The molecule has 1 aromatic carbocycles. The number of hydrogen-bond donors (Lipinski definition) is 2. The lowest BCUT2D eigenvalue weighted by Crippen LogP contribution is -2.12. The molecule has 0 unspecified atom stereocenters. The van der Waals surface area contributed by atoms with E-state index in [-0.39, 0.29) is 11.5 Å². The molecule has 1 fully saturated rings. The molecule has 2 N–H and O–H groups in total.